The molecule has 0 aromatic heterocycles. The van der Waals surface area contributed by atoms with Gasteiger partial charge in [0.2, 0.25) is 5.91 Å². The predicted octanol–water partition coefficient (Wildman–Crippen LogP) is 3.71. The maximum absolute atomic E-state index is 12.1. The van der Waals surface area contributed by atoms with Crippen molar-refractivity contribution in [3.63, 3.8) is 0 Å². The van der Waals surface area contributed by atoms with Crippen LogP contribution in [0.5, 0.6) is 0 Å². The van der Waals surface area contributed by atoms with Gasteiger partial charge in [-0.15, -0.1) is 0 Å². The molecule has 1 aromatic carbocycles. The Labute approximate surface area is 134 Å². The number of carbonyl (C=O) groups is 2. The molecule has 4 nitrogen and oxygen atoms in total. The monoisotopic (exact) mass is 331 g/mol. The highest BCUT2D eigenvalue weighted by Gasteiger charge is 2.27. The lowest BCUT2D eigenvalue weighted by Gasteiger charge is -2.20. The summed E-state index contributed by atoms with van der Waals surface area (Å²) in [7, 11) is 0. The molecule has 1 rings (SSSR count). The molecule has 0 aliphatic rings. The number of benzene rings is 1. The van der Waals surface area contributed by atoms with E-state index in [1.54, 1.807) is 39.0 Å². The van der Waals surface area contributed by atoms with E-state index >= 15 is 0 Å². The molecule has 0 bridgehead atoms. The van der Waals surface area contributed by atoms with Crippen LogP contribution in [0.1, 0.15) is 38.7 Å². The topological polar surface area (TPSA) is 66.4 Å². The molecule has 116 valence electrons. The Kier molecular flexibility index (Phi) is 6.05. The van der Waals surface area contributed by atoms with Gasteiger partial charge in [-0.25, -0.2) is 0 Å². The van der Waals surface area contributed by atoms with Crippen LogP contribution in [0, 0.1) is 5.41 Å². The Hall–Kier alpha value is -1.26. The van der Waals surface area contributed by atoms with Gasteiger partial charge in [0.1, 0.15) is 0 Å². The van der Waals surface area contributed by atoms with Gasteiger partial charge in [0.05, 0.1) is 21.4 Å². The number of carboxylic acids is 1. The predicted molar refractivity (Wildman–Crippen MR) is 83.9 cm³/mol. The first-order valence-electron chi connectivity index (χ1n) is 6.61. The molecule has 2 N–H and O–H groups in total. The smallest absolute Gasteiger partial charge is 0.309 e. The Morgan fingerprint density at radius 2 is 1.90 bits per heavy atom. The Morgan fingerprint density at radius 1 is 1.29 bits per heavy atom. The van der Waals surface area contributed by atoms with Crippen LogP contribution in [-0.2, 0) is 9.59 Å². The van der Waals surface area contributed by atoms with E-state index in [0.717, 1.165) is 5.56 Å². The second-order valence-corrected chi connectivity index (χ2v) is 6.44. The normalized spacial score (nSPS) is 12.8. The number of aliphatic carboxylic acids is 1. The highest BCUT2D eigenvalue weighted by atomic mass is 35.5. The summed E-state index contributed by atoms with van der Waals surface area (Å²) in [6, 6.07) is 5.06. The highest BCUT2D eigenvalue weighted by Crippen LogP contribution is 2.26. The Bertz CT molecular complexity index is 544. The summed E-state index contributed by atoms with van der Waals surface area (Å²) in [4.78, 5) is 23.0. The minimum absolute atomic E-state index is 0.172. The van der Waals surface area contributed by atoms with Gasteiger partial charge >= 0.3 is 5.97 Å². The maximum Gasteiger partial charge on any atom is 0.309 e. The molecule has 0 fully saturated rings. The second-order valence-electron chi connectivity index (χ2n) is 5.63. The standard InChI is InChI=1S/C15H19Cl2NO3/c1-9(10-4-5-11(16)12(17)8-10)13(19)18-7-6-15(2,3)14(20)21/h4-5,8-9H,6-7H2,1-3H3,(H,18,19)(H,20,21). The van der Waals surface area contributed by atoms with Crippen molar-refractivity contribution in [1.29, 1.82) is 0 Å². The second kappa shape index (κ2) is 7.14. The molecule has 0 spiro atoms. The minimum atomic E-state index is -0.880. The molecular weight excluding hydrogens is 313 g/mol. The van der Waals surface area contributed by atoms with Crippen molar-refractivity contribution < 1.29 is 14.7 Å². The van der Waals surface area contributed by atoms with Crippen LogP contribution in [0.3, 0.4) is 0 Å². The van der Waals surface area contributed by atoms with E-state index in [4.69, 9.17) is 28.3 Å². The zero-order valence-corrected chi connectivity index (χ0v) is 13.8. The molecule has 21 heavy (non-hydrogen) atoms. The van der Waals surface area contributed by atoms with Gasteiger partial charge in [-0.3, -0.25) is 9.59 Å². The van der Waals surface area contributed by atoms with Gasteiger partial charge in [0.25, 0.3) is 0 Å². The lowest BCUT2D eigenvalue weighted by molar-refractivity contribution is -0.147. The van der Waals surface area contributed by atoms with E-state index in [0.29, 0.717) is 23.0 Å². The van der Waals surface area contributed by atoms with Gasteiger partial charge in [-0.2, -0.15) is 0 Å². The first-order chi connectivity index (χ1) is 9.65. The number of hydrogen-bond donors (Lipinski definition) is 2. The lowest BCUT2D eigenvalue weighted by atomic mass is 9.89. The molecule has 1 unspecified atom stereocenters. The summed E-state index contributed by atoms with van der Waals surface area (Å²) in [6.07, 6.45) is 0.363. The van der Waals surface area contributed by atoms with Crippen molar-refractivity contribution in [3.8, 4) is 0 Å². The van der Waals surface area contributed by atoms with E-state index in [2.05, 4.69) is 5.32 Å². The van der Waals surface area contributed by atoms with Crippen LogP contribution in [0.2, 0.25) is 10.0 Å². The molecule has 0 aliphatic carbocycles. The summed E-state index contributed by atoms with van der Waals surface area (Å²) in [5, 5.41) is 12.6. The van der Waals surface area contributed by atoms with Crippen LogP contribution in [0.4, 0.5) is 0 Å². The van der Waals surface area contributed by atoms with E-state index < -0.39 is 11.4 Å². The summed E-state index contributed by atoms with van der Waals surface area (Å²) < 4.78 is 0. The van der Waals surface area contributed by atoms with Crippen molar-refractivity contribution in [3.05, 3.63) is 33.8 Å². The number of carbonyl (C=O) groups excluding carboxylic acids is 1. The fraction of sp³-hybridized carbons (Fsp3) is 0.467. The van der Waals surface area contributed by atoms with E-state index in [9.17, 15) is 9.59 Å². The molecule has 0 saturated carbocycles. The molecule has 1 atom stereocenters. The number of amides is 1. The van der Waals surface area contributed by atoms with Crippen LogP contribution < -0.4 is 5.32 Å². The number of rotatable bonds is 6. The highest BCUT2D eigenvalue weighted by molar-refractivity contribution is 6.42. The third-order valence-electron chi connectivity index (χ3n) is 3.47. The number of nitrogens with one attached hydrogen (secondary N) is 1. The fourth-order valence-electron chi connectivity index (χ4n) is 1.69. The van der Waals surface area contributed by atoms with Crippen molar-refractivity contribution in [2.75, 3.05) is 6.54 Å². The number of hydrogen-bond acceptors (Lipinski definition) is 2. The third-order valence-corrected chi connectivity index (χ3v) is 4.20. The van der Waals surface area contributed by atoms with Crippen LogP contribution in [0.15, 0.2) is 18.2 Å². The first-order valence-corrected chi connectivity index (χ1v) is 7.37. The van der Waals surface area contributed by atoms with Gasteiger partial charge in [0, 0.05) is 6.54 Å². The summed E-state index contributed by atoms with van der Waals surface area (Å²) in [6.45, 7) is 5.33. The van der Waals surface area contributed by atoms with Crippen molar-refractivity contribution in [2.24, 2.45) is 5.41 Å². The zero-order chi connectivity index (χ0) is 16.2. The zero-order valence-electron chi connectivity index (χ0n) is 12.2. The van der Waals surface area contributed by atoms with Crippen LogP contribution >= 0.6 is 23.2 Å². The van der Waals surface area contributed by atoms with E-state index in [1.165, 1.54) is 0 Å². The van der Waals surface area contributed by atoms with Crippen molar-refractivity contribution in [2.45, 2.75) is 33.1 Å². The fourth-order valence-corrected chi connectivity index (χ4v) is 2.00. The van der Waals surface area contributed by atoms with Gasteiger partial charge in [0.15, 0.2) is 0 Å². The SMILES string of the molecule is CC(C(=O)NCCC(C)(C)C(=O)O)c1ccc(Cl)c(Cl)c1. The molecular formula is C15H19Cl2NO3. The lowest BCUT2D eigenvalue weighted by Crippen LogP contribution is -2.33. The van der Waals surface area contributed by atoms with Crippen molar-refractivity contribution in [1.82, 2.24) is 5.32 Å². The molecule has 6 heteroatoms. The third kappa shape index (κ3) is 4.90. The quantitative estimate of drug-likeness (QED) is 0.834. The average molecular weight is 332 g/mol. The molecule has 0 heterocycles. The van der Waals surface area contributed by atoms with E-state index in [-0.39, 0.29) is 11.8 Å². The molecule has 1 aromatic rings. The summed E-state index contributed by atoms with van der Waals surface area (Å²) >= 11 is 11.8. The molecule has 0 aliphatic heterocycles. The van der Waals surface area contributed by atoms with Gasteiger partial charge in [-0.05, 0) is 44.9 Å². The van der Waals surface area contributed by atoms with Crippen molar-refractivity contribution >= 4 is 35.1 Å². The summed E-state index contributed by atoms with van der Waals surface area (Å²) in [5.74, 6) is -1.43. The molecule has 1 amide bonds. The van der Waals surface area contributed by atoms with Crippen LogP contribution in [0.25, 0.3) is 0 Å². The maximum atomic E-state index is 12.1. The van der Waals surface area contributed by atoms with E-state index in [1.807, 2.05) is 0 Å². The number of halogens is 2. The number of carboxylic acid groups (broad SMARTS) is 1. The molecule has 0 saturated heterocycles. The Balaban J connectivity index is 2.59. The molecule has 0 radical (unpaired) electrons. The first kappa shape index (κ1) is 17.8. The Morgan fingerprint density at radius 3 is 2.43 bits per heavy atom. The average Bonchev–Trinajstić information content (AvgIpc) is 2.40. The summed E-state index contributed by atoms with van der Waals surface area (Å²) in [5.41, 5.74) is -0.0977. The minimum Gasteiger partial charge on any atom is -0.481 e. The van der Waals surface area contributed by atoms with Crippen LogP contribution in [-0.4, -0.2) is 23.5 Å². The largest absolute Gasteiger partial charge is 0.481 e. The van der Waals surface area contributed by atoms with Gasteiger partial charge in [-0.1, -0.05) is 29.3 Å². The van der Waals surface area contributed by atoms with Gasteiger partial charge < -0.3 is 10.4 Å².